The van der Waals surface area contributed by atoms with Crippen molar-refractivity contribution in [1.82, 2.24) is 0 Å². The number of ether oxygens (including phenoxy) is 3. The van der Waals surface area contributed by atoms with Gasteiger partial charge in [0.25, 0.3) is 0 Å². The summed E-state index contributed by atoms with van der Waals surface area (Å²) in [7, 11) is 1.36. The Labute approximate surface area is 165 Å². The number of methoxy groups -OCH3 is 1. The van der Waals surface area contributed by atoms with Crippen LogP contribution in [0.25, 0.3) is 0 Å². The van der Waals surface area contributed by atoms with Crippen LogP contribution in [0.15, 0.2) is 78.9 Å². The Morgan fingerprint density at radius 3 is 2.18 bits per heavy atom. The minimum absolute atomic E-state index is 0.363. The molecule has 0 atom stereocenters. The standard InChI is InChI=1S/C24H24O4/c1-26-24(25)22-15-14-21(27-16-8-13-19-9-4-2-5-10-19)17-23(22)28-18-20-11-6-3-7-12-20/h2-7,9-12,14-15,17H,8,13,16,18H2,1H3. The van der Waals surface area contributed by atoms with Crippen molar-refractivity contribution in [3.8, 4) is 11.5 Å². The molecule has 0 fully saturated rings. The van der Waals surface area contributed by atoms with Gasteiger partial charge < -0.3 is 14.2 Å². The highest BCUT2D eigenvalue weighted by atomic mass is 16.5. The molecule has 0 bridgehead atoms. The zero-order valence-corrected chi connectivity index (χ0v) is 16.0. The molecule has 0 aliphatic rings. The van der Waals surface area contributed by atoms with Crippen LogP contribution in [0, 0.1) is 0 Å². The van der Waals surface area contributed by atoms with Gasteiger partial charge in [-0.25, -0.2) is 4.79 Å². The molecule has 3 aromatic rings. The number of carbonyl (C=O) groups excluding carboxylic acids is 1. The smallest absolute Gasteiger partial charge is 0.341 e. The van der Waals surface area contributed by atoms with Gasteiger partial charge in [0, 0.05) is 6.07 Å². The molecule has 4 nitrogen and oxygen atoms in total. The maximum atomic E-state index is 12.0. The van der Waals surface area contributed by atoms with Crippen molar-refractivity contribution in [1.29, 1.82) is 0 Å². The van der Waals surface area contributed by atoms with Crippen LogP contribution in [0.5, 0.6) is 11.5 Å². The molecule has 0 aromatic heterocycles. The third-order valence-corrected chi connectivity index (χ3v) is 4.32. The van der Waals surface area contributed by atoms with E-state index in [4.69, 9.17) is 14.2 Å². The largest absolute Gasteiger partial charge is 0.493 e. The van der Waals surface area contributed by atoms with Crippen molar-refractivity contribution in [3.63, 3.8) is 0 Å². The molecule has 0 saturated carbocycles. The monoisotopic (exact) mass is 376 g/mol. The number of hydrogen-bond acceptors (Lipinski definition) is 4. The van der Waals surface area contributed by atoms with E-state index in [9.17, 15) is 4.79 Å². The molecule has 0 radical (unpaired) electrons. The highest BCUT2D eigenvalue weighted by Gasteiger charge is 2.14. The molecule has 0 spiro atoms. The van der Waals surface area contributed by atoms with Crippen molar-refractivity contribution in [3.05, 3.63) is 95.6 Å². The molecule has 0 saturated heterocycles. The normalized spacial score (nSPS) is 10.3. The number of hydrogen-bond donors (Lipinski definition) is 0. The molecule has 0 unspecified atom stereocenters. The number of rotatable bonds is 9. The Kier molecular flexibility index (Phi) is 7.08. The van der Waals surface area contributed by atoms with Crippen molar-refractivity contribution >= 4 is 5.97 Å². The van der Waals surface area contributed by atoms with Crippen LogP contribution >= 0.6 is 0 Å². The summed E-state index contributed by atoms with van der Waals surface area (Å²) < 4.78 is 16.6. The fourth-order valence-corrected chi connectivity index (χ4v) is 2.84. The first-order valence-electron chi connectivity index (χ1n) is 9.32. The molecular formula is C24H24O4. The van der Waals surface area contributed by atoms with E-state index in [1.54, 1.807) is 18.2 Å². The number of aryl methyl sites for hydroxylation is 1. The first kappa shape index (κ1) is 19.5. The van der Waals surface area contributed by atoms with E-state index in [-0.39, 0.29) is 0 Å². The van der Waals surface area contributed by atoms with Gasteiger partial charge in [-0.05, 0) is 36.1 Å². The zero-order valence-electron chi connectivity index (χ0n) is 16.0. The molecule has 0 heterocycles. The van der Waals surface area contributed by atoms with E-state index in [0.717, 1.165) is 18.4 Å². The van der Waals surface area contributed by atoms with Crippen LogP contribution in [0.3, 0.4) is 0 Å². The maximum absolute atomic E-state index is 12.0. The lowest BCUT2D eigenvalue weighted by Gasteiger charge is -2.13. The number of carbonyl (C=O) groups is 1. The molecule has 0 aliphatic carbocycles. The fourth-order valence-electron chi connectivity index (χ4n) is 2.84. The SMILES string of the molecule is COC(=O)c1ccc(OCCCc2ccccc2)cc1OCc1ccccc1. The molecule has 0 aliphatic heterocycles. The Morgan fingerprint density at radius 2 is 1.50 bits per heavy atom. The van der Waals surface area contributed by atoms with Crippen molar-refractivity contribution in [2.24, 2.45) is 0 Å². The average molecular weight is 376 g/mol. The van der Waals surface area contributed by atoms with E-state index in [2.05, 4.69) is 12.1 Å². The van der Waals surface area contributed by atoms with E-state index in [0.29, 0.717) is 30.3 Å². The second-order valence-electron chi connectivity index (χ2n) is 6.36. The molecule has 3 aromatic carbocycles. The topological polar surface area (TPSA) is 44.8 Å². The summed E-state index contributed by atoms with van der Waals surface area (Å²) in [5.41, 5.74) is 2.70. The van der Waals surface area contributed by atoms with E-state index >= 15 is 0 Å². The molecular weight excluding hydrogens is 352 g/mol. The zero-order chi connectivity index (χ0) is 19.6. The maximum Gasteiger partial charge on any atom is 0.341 e. The van der Waals surface area contributed by atoms with Gasteiger partial charge in [-0.15, -0.1) is 0 Å². The lowest BCUT2D eigenvalue weighted by Crippen LogP contribution is -2.07. The summed E-state index contributed by atoms with van der Waals surface area (Å²) in [5.74, 6) is 0.693. The van der Waals surface area contributed by atoms with Gasteiger partial charge in [0.1, 0.15) is 23.7 Å². The van der Waals surface area contributed by atoms with Crippen molar-refractivity contribution in [2.75, 3.05) is 13.7 Å². The molecule has 144 valence electrons. The fraction of sp³-hybridized carbons (Fsp3) is 0.208. The Morgan fingerprint density at radius 1 is 0.821 bits per heavy atom. The van der Waals surface area contributed by atoms with Crippen molar-refractivity contribution in [2.45, 2.75) is 19.4 Å². The first-order valence-corrected chi connectivity index (χ1v) is 9.32. The Balaban J connectivity index is 1.62. The van der Waals surface area contributed by atoms with Gasteiger partial charge in [0.05, 0.1) is 13.7 Å². The van der Waals surface area contributed by atoms with Crippen LogP contribution in [0.1, 0.15) is 27.9 Å². The number of esters is 1. The second-order valence-corrected chi connectivity index (χ2v) is 6.36. The average Bonchev–Trinajstić information content (AvgIpc) is 2.76. The molecule has 3 rings (SSSR count). The van der Waals surface area contributed by atoms with Gasteiger partial charge in [-0.1, -0.05) is 60.7 Å². The Hall–Kier alpha value is -3.27. The van der Waals surface area contributed by atoms with Crippen LogP contribution in [0.2, 0.25) is 0 Å². The van der Waals surface area contributed by atoms with Crippen LogP contribution < -0.4 is 9.47 Å². The number of benzene rings is 3. The van der Waals surface area contributed by atoms with Gasteiger partial charge in [0.15, 0.2) is 0 Å². The highest BCUT2D eigenvalue weighted by Crippen LogP contribution is 2.27. The van der Waals surface area contributed by atoms with Gasteiger partial charge >= 0.3 is 5.97 Å². The van der Waals surface area contributed by atoms with Crippen LogP contribution in [0.4, 0.5) is 0 Å². The summed E-state index contributed by atoms with van der Waals surface area (Å²) in [6.45, 7) is 0.951. The Bertz CT molecular complexity index is 876. The third-order valence-electron chi connectivity index (χ3n) is 4.32. The lowest BCUT2D eigenvalue weighted by molar-refractivity contribution is 0.0595. The van der Waals surface area contributed by atoms with Crippen LogP contribution in [-0.4, -0.2) is 19.7 Å². The van der Waals surface area contributed by atoms with E-state index < -0.39 is 5.97 Å². The minimum Gasteiger partial charge on any atom is -0.493 e. The summed E-state index contributed by atoms with van der Waals surface area (Å²) in [6.07, 6.45) is 1.86. The summed E-state index contributed by atoms with van der Waals surface area (Å²) in [5, 5.41) is 0. The van der Waals surface area contributed by atoms with E-state index in [1.807, 2.05) is 48.5 Å². The lowest BCUT2D eigenvalue weighted by atomic mass is 10.1. The first-order chi connectivity index (χ1) is 13.8. The predicted octanol–water partition coefficient (Wildman–Crippen LogP) is 5.06. The summed E-state index contributed by atoms with van der Waals surface area (Å²) in [6, 6.07) is 25.3. The van der Waals surface area contributed by atoms with Gasteiger partial charge in [0.2, 0.25) is 0 Å². The quantitative estimate of drug-likeness (QED) is 0.387. The summed E-state index contributed by atoms with van der Waals surface area (Å²) >= 11 is 0. The highest BCUT2D eigenvalue weighted by molar-refractivity contribution is 5.92. The minimum atomic E-state index is -0.432. The molecule has 0 amide bonds. The summed E-state index contributed by atoms with van der Waals surface area (Å²) in [4.78, 5) is 12.0. The predicted molar refractivity (Wildman–Crippen MR) is 109 cm³/mol. The molecule has 4 heteroatoms. The van der Waals surface area contributed by atoms with Crippen molar-refractivity contribution < 1.29 is 19.0 Å². The molecule has 28 heavy (non-hydrogen) atoms. The van der Waals surface area contributed by atoms with Gasteiger partial charge in [-0.3, -0.25) is 0 Å². The third kappa shape index (κ3) is 5.61. The molecule has 0 N–H and O–H groups in total. The van der Waals surface area contributed by atoms with Crippen LogP contribution in [-0.2, 0) is 17.8 Å². The van der Waals surface area contributed by atoms with E-state index in [1.165, 1.54) is 12.7 Å². The second kappa shape index (κ2) is 10.2. The van der Waals surface area contributed by atoms with Gasteiger partial charge in [-0.2, -0.15) is 0 Å².